The van der Waals surface area contributed by atoms with E-state index in [0.717, 1.165) is 23.5 Å². The van der Waals surface area contributed by atoms with Crippen LogP contribution in [0.3, 0.4) is 0 Å². The molecule has 2 heteroatoms. The minimum atomic E-state index is 0.844. The molecule has 0 aromatic heterocycles. The van der Waals surface area contributed by atoms with Crippen molar-refractivity contribution in [1.82, 2.24) is 0 Å². The molecular formula is C9H19NS. The minimum absolute atomic E-state index is 0.844. The zero-order chi connectivity index (χ0) is 8.10. The van der Waals surface area contributed by atoms with Crippen LogP contribution in [0.2, 0.25) is 0 Å². The predicted octanol–water partition coefficient (Wildman–Crippen LogP) is 2.26. The standard InChI is InChI=1S/C9H19NS/c1-8-2-4-9(5-3-8)11-7-6-10/h8-9H,2-7,10H2,1H3. The average Bonchev–Trinajstić information content (AvgIpc) is 2.04. The van der Waals surface area contributed by atoms with E-state index in [1.807, 2.05) is 0 Å². The zero-order valence-electron chi connectivity index (χ0n) is 7.38. The van der Waals surface area contributed by atoms with Gasteiger partial charge in [0.15, 0.2) is 0 Å². The van der Waals surface area contributed by atoms with Gasteiger partial charge in [-0.25, -0.2) is 0 Å². The van der Waals surface area contributed by atoms with Crippen LogP contribution in [0.15, 0.2) is 0 Å². The van der Waals surface area contributed by atoms with E-state index in [2.05, 4.69) is 18.7 Å². The Labute approximate surface area is 74.1 Å². The van der Waals surface area contributed by atoms with Crippen LogP contribution >= 0.6 is 11.8 Å². The van der Waals surface area contributed by atoms with E-state index in [1.54, 1.807) is 0 Å². The van der Waals surface area contributed by atoms with Crippen molar-refractivity contribution in [3.63, 3.8) is 0 Å². The molecule has 1 aliphatic carbocycles. The fraction of sp³-hybridized carbons (Fsp3) is 1.00. The van der Waals surface area contributed by atoms with E-state index in [1.165, 1.54) is 25.7 Å². The molecule has 1 nitrogen and oxygen atoms in total. The largest absolute Gasteiger partial charge is 0.330 e. The van der Waals surface area contributed by atoms with Gasteiger partial charge in [0.2, 0.25) is 0 Å². The van der Waals surface area contributed by atoms with Crippen molar-refractivity contribution in [2.75, 3.05) is 12.3 Å². The highest BCUT2D eigenvalue weighted by Crippen LogP contribution is 2.31. The van der Waals surface area contributed by atoms with Crippen LogP contribution in [0.1, 0.15) is 32.6 Å². The second-order valence-electron chi connectivity index (χ2n) is 3.54. The summed E-state index contributed by atoms with van der Waals surface area (Å²) < 4.78 is 0. The quantitative estimate of drug-likeness (QED) is 0.708. The molecule has 0 aromatic rings. The molecule has 0 saturated heterocycles. The molecule has 0 amide bonds. The van der Waals surface area contributed by atoms with Gasteiger partial charge in [0.25, 0.3) is 0 Å². The van der Waals surface area contributed by atoms with Crippen molar-refractivity contribution < 1.29 is 0 Å². The number of hydrogen-bond acceptors (Lipinski definition) is 2. The van der Waals surface area contributed by atoms with Crippen LogP contribution in [0, 0.1) is 5.92 Å². The Morgan fingerprint density at radius 3 is 2.45 bits per heavy atom. The third kappa shape index (κ3) is 3.48. The first-order valence-electron chi connectivity index (χ1n) is 4.64. The Morgan fingerprint density at radius 1 is 1.27 bits per heavy atom. The highest BCUT2D eigenvalue weighted by Gasteiger charge is 2.17. The van der Waals surface area contributed by atoms with Gasteiger partial charge < -0.3 is 5.73 Å². The fourth-order valence-electron chi connectivity index (χ4n) is 1.63. The highest BCUT2D eigenvalue weighted by atomic mass is 32.2. The monoisotopic (exact) mass is 173 g/mol. The van der Waals surface area contributed by atoms with Crippen LogP contribution in [0.4, 0.5) is 0 Å². The van der Waals surface area contributed by atoms with Crippen molar-refractivity contribution in [2.45, 2.75) is 37.9 Å². The van der Waals surface area contributed by atoms with Crippen LogP contribution in [-0.4, -0.2) is 17.5 Å². The second kappa shape index (κ2) is 5.04. The van der Waals surface area contributed by atoms with E-state index in [9.17, 15) is 0 Å². The molecule has 11 heavy (non-hydrogen) atoms. The highest BCUT2D eigenvalue weighted by molar-refractivity contribution is 7.99. The van der Waals surface area contributed by atoms with Crippen molar-refractivity contribution in [1.29, 1.82) is 0 Å². The molecule has 0 heterocycles. The van der Waals surface area contributed by atoms with Gasteiger partial charge in [-0.05, 0) is 31.6 Å². The summed E-state index contributed by atoms with van der Waals surface area (Å²) in [4.78, 5) is 0. The first-order valence-corrected chi connectivity index (χ1v) is 5.69. The van der Waals surface area contributed by atoms with Crippen molar-refractivity contribution in [3.8, 4) is 0 Å². The molecule has 1 saturated carbocycles. The summed E-state index contributed by atoms with van der Waals surface area (Å²) in [6, 6.07) is 0. The topological polar surface area (TPSA) is 26.0 Å². The van der Waals surface area contributed by atoms with Crippen LogP contribution in [0.5, 0.6) is 0 Å². The van der Waals surface area contributed by atoms with E-state index in [-0.39, 0.29) is 0 Å². The maximum atomic E-state index is 5.45. The van der Waals surface area contributed by atoms with Crippen LogP contribution in [0.25, 0.3) is 0 Å². The van der Waals surface area contributed by atoms with Crippen molar-refractivity contribution in [3.05, 3.63) is 0 Å². The Hall–Kier alpha value is 0.310. The summed E-state index contributed by atoms with van der Waals surface area (Å²) in [6.07, 6.45) is 5.71. The molecular weight excluding hydrogens is 154 g/mol. The average molecular weight is 173 g/mol. The lowest BCUT2D eigenvalue weighted by molar-refractivity contribution is 0.393. The van der Waals surface area contributed by atoms with E-state index in [4.69, 9.17) is 5.73 Å². The molecule has 1 rings (SSSR count). The summed E-state index contributed by atoms with van der Waals surface area (Å²) >= 11 is 2.07. The Kier molecular flexibility index (Phi) is 4.31. The molecule has 1 aliphatic rings. The van der Waals surface area contributed by atoms with E-state index < -0.39 is 0 Å². The Bertz CT molecular complexity index is 95.0. The summed E-state index contributed by atoms with van der Waals surface area (Å²) in [5.41, 5.74) is 5.45. The second-order valence-corrected chi connectivity index (χ2v) is 4.95. The molecule has 0 aromatic carbocycles. The van der Waals surface area contributed by atoms with E-state index >= 15 is 0 Å². The maximum Gasteiger partial charge on any atom is 0.00586 e. The van der Waals surface area contributed by atoms with Crippen molar-refractivity contribution >= 4 is 11.8 Å². The number of thioether (sulfide) groups is 1. The van der Waals surface area contributed by atoms with Crippen LogP contribution in [-0.2, 0) is 0 Å². The fourth-order valence-corrected chi connectivity index (χ4v) is 2.71. The van der Waals surface area contributed by atoms with Gasteiger partial charge in [0.05, 0.1) is 0 Å². The molecule has 0 unspecified atom stereocenters. The number of nitrogens with two attached hydrogens (primary N) is 1. The van der Waals surface area contributed by atoms with E-state index in [0.29, 0.717) is 0 Å². The van der Waals surface area contributed by atoms with Crippen LogP contribution < -0.4 is 5.73 Å². The van der Waals surface area contributed by atoms with Crippen molar-refractivity contribution in [2.24, 2.45) is 11.7 Å². The van der Waals surface area contributed by atoms with Gasteiger partial charge in [-0.15, -0.1) is 0 Å². The SMILES string of the molecule is CC1CCC(SCCN)CC1. The lowest BCUT2D eigenvalue weighted by Crippen LogP contribution is -2.16. The maximum absolute atomic E-state index is 5.45. The predicted molar refractivity (Wildman–Crippen MR) is 52.9 cm³/mol. The van der Waals surface area contributed by atoms with Gasteiger partial charge in [0, 0.05) is 17.5 Å². The van der Waals surface area contributed by atoms with Gasteiger partial charge in [-0.2, -0.15) is 11.8 Å². The molecule has 0 aliphatic heterocycles. The first kappa shape index (κ1) is 9.40. The van der Waals surface area contributed by atoms with Gasteiger partial charge in [0.1, 0.15) is 0 Å². The molecule has 66 valence electrons. The smallest absolute Gasteiger partial charge is 0.00586 e. The molecule has 0 atom stereocenters. The molecule has 2 N–H and O–H groups in total. The minimum Gasteiger partial charge on any atom is -0.330 e. The third-order valence-electron chi connectivity index (χ3n) is 2.43. The van der Waals surface area contributed by atoms with Gasteiger partial charge in [-0.1, -0.05) is 6.92 Å². The normalized spacial score (nSPS) is 32.2. The van der Waals surface area contributed by atoms with Gasteiger partial charge >= 0.3 is 0 Å². The molecule has 0 spiro atoms. The molecule has 0 bridgehead atoms. The Morgan fingerprint density at radius 2 is 1.91 bits per heavy atom. The summed E-state index contributed by atoms with van der Waals surface area (Å²) in [7, 11) is 0. The summed E-state index contributed by atoms with van der Waals surface area (Å²) in [5, 5.41) is 0.926. The van der Waals surface area contributed by atoms with Gasteiger partial charge in [-0.3, -0.25) is 0 Å². The number of hydrogen-bond donors (Lipinski definition) is 1. The lowest BCUT2D eigenvalue weighted by atomic mass is 9.91. The lowest BCUT2D eigenvalue weighted by Gasteiger charge is -2.25. The zero-order valence-corrected chi connectivity index (χ0v) is 8.20. The summed E-state index contributed by atoms with van der Waals surface area (Å²) in [5.74, 6) is 2.13. The molecule has 0 radical (unpaired) electrons. The Balaban J connectivity index is 2.07. The first-order chi connectivity index (χ1) is 5.33. The third-order valence-corrected chi connectivity index (χ3v) is 3.85. The molecule has 1 fully saturated rings. The number of rotatable bonds is 3. The summed E-state index contributed by atoms with van der Waals surface area (Å²) in [6.45, 7) is 3.21.